The Morgan fingerprint density at radius 1 is 1.07 bits per heavy atom. The largest absolute Gasteiger partial charge is 0.602 e. The maximum Gasteiger partial charge on any atom is 0.602 e. The Hall–Kier alpha value is -0.456. The fourth-order valence-electron chi connectivity index (χ4n) is 3.29. The highest BCUT2D eigenvalue weighted by Crippen LogP contribution is 2.42. The van der Waals surface area contributed by atoms with Gasteiger partial charge in [-0.05, 0) is 66.2 Å². The molecule has 0 radical (unpaired) electrons. The van der Waals surface area contributed by atoms with Gasteiger partial charge in [-0.3, -0.25) is 9.69 Å². The van der Waals surface area contributed by atoms with Gasteiger partial charge in [0.25, 0.3) is 11.4 Å². The minimum Gasteiger partial charge on any atom is -0.513 e. The minimum absolute atomic E-state index is 0.173. The maximum absolute atomic E-state index is 11.6. The van der Waals surface area contributed by atoms with E-state index in [0.29, 0.717) is 25.9 Å². The van der Waals surface area contributed by atoms with Crippen molar-refractivity contribution < 1.29 is 47.4 Å². The van der Waals surface area contributed by atoms with Crippen molar-refractivity contribution in [3.63, 3.8) is 0 Å². The molecular formula is C17H35NO10Si2. The molecule has 0 spiro atoms. The maximum atomic E-state index is 11.6. The molecule has 0 aromatic carbocycles. The molecule has 0 N–H and O–H groups in total. The number of carbonyl (C=O) groups is 1. The van der Waals surface area contributed by atoms with Crippen molar-refractivity contribution in [1.82, 2.24) is 4.90 Å². The second-order valence-electron chi connectivity index (χ2n) is 7.45. The van der Waals surface area contributed by atoms with Gasteiger partial charge in [-0.2, -0.15) is 9.78 Å². The first-order valence-electron chi connectivity index (χ1n) is 10.5. The van der Waals surface area contributed by atoms with Crippen LogP contribution in [0.1, 0.15) is 47.5 Å². The average molecular weight is 470 g/mol. The summed E-state index contributed by atoms with van der Waals surface area (Å²) in [5.41, 5.74) is -0.965. The first kappa shape index (κ1) is 25.8. The molecule has 2 rings (SSSR count). The van der Waals surface area contributed by atoms with Gasteiger partial charge >= 0.3 is 17.1 Å². The van der Waals surface area contributed by atoms with Gasteiger partial charge in [0, 0.05) is 6.92 Å². The first-order valence-corrected chi connectivity index (χ1v) is 14.9. The van der Waals surface area contributed by atoms with Gasteiger partial charge in [0.05, 0.1) is 25.5 Å². The number of likely N-dealkylation sites (tertiary alicyclic amines) is 1. The van der Waals surface area contributed by atoms with Crippen molar-refractivity contribution in [2.45, 2.75) is 71.1 Å². The molecule has 0 saturated carbocycles. The summed E-state index contributed by atoms with van der Waals surface area (Å²) in [5, 5.41) is 0. The van der Waals surface area contributed by atoms with Crippen LogP contribution in [0.5, 0.6) is 0 Å². The molecule has 30 heavy (non-hydrogen) atoms. The van der Waals surface area contributed by atoms with E-state index in [4.69, 9.17) is 42.6 Å². The third kappa shape index (κ3) is 6.29. The lowest BCUT2D eigenvalue weighted by molar-refractivity contribution is -0.367. The smallest absolute Gasteiger partial charge is 0.513 e. The van der Waals surface area contributed by atoms with Crippen LogP contribution in [-0.2, 0) is 47.4 Å². The number of carbonyl (C=O) groups excluding carboxylic acids is 1. The van der Waals surface area contributed by atoms with E-state index in [1.807, 2.05) is 34.2 Å². The van der Waals surface area contributed by atoms with Crippen molar-refractivity contribution in [1.29, 1.82) is 0 Å². The summed E-state index contributed by atoms with van der Waals surface area (Å²) in [6, 6.07) is 0.686. The fraction of sp³-hybridized carbons (Fsp3) is 0.941. The topological polar surface area (TPSA) is 110 Å². The number of hydrogen-bond donors (Lipinski definition) is 0. The summed E-state index contributed by atoms with van der Waals surface area (Å²) in [6.07, 6.45) is 1.57. The number of hydrogen-bond acceptors (Lipinski definition) is 11. The molecule has 11 nitrogen and oxygen atoms in total. The first-order chi connectivity index (χ1) is 14.3. The molecule has 2 aliphatic rings. The van der Waals surface area contributed by atoms with Crippen LogP contribution in [0.15, 0.2) is 0 Å². The Labute approximate surface area is 179 Å². The molecule has 2 saturated heterocycles. The van der Waals surface area contributed by atoms with E-state index in [0.717, 1.165) is 25.9 Å². The molecule has 0 aliphatic carbocycles. The molecule has 2 fully saturated rings. The van der Waals surface area contributed by atoms with E-state index in [2.05, 4.69) is 4.90 Å². The van der Waals surface area contributed by atoms with E-state index < -0.39 is 22.5 Å². The van der Waals surface area contributed by atoms with Crippen LogP contribution in [0.4, 0.5) is 0 Å². The van der Waals surface area contributed by atoms with Crippen molar-refractivity contribution >= 4 is 23.1 Å². The van der Waals surface area contributed by atoms with Gasteiger partial charge in [0.2, 0.25) is 0 Å². The summed E-state index contributed by atoms with van der Waals surface area (Å²) in [5.74, 6) is -0.321. The quantitative estimate of drug-likeness (QED) is 0.144. The average Bonchev–Trinajstić information content (AvgIpc) is 3.44. The number of nitrogens with zero attached hydrogens (tertiary/aromatic N) is 1. The van der Waals surface area contributed by atoms with Gasteiger partial charge in [-0.15, -0.1) is 0 Å². The summed E-state index contributed by atoms with van der Waals surface area (Å²) in [7, 11) is -6.02. The van der Waals surface area contributed by atoms with Crippen molar-refractivity contribution in [2.75, 3.05) is 32.9 Å². The third-order valence-corrected chi connectivity index (χ3v) is 11.8. The summed E-state index contributed by atoms with van der Waals surface area (Å²) >= 11 is 0. The zero-order valence-corrected chi connectivity index (χ0v) is 20.8. The highest BCUT2D eigenvalue weighted by Gasteiger charge is 2.65. The highest BCUT2D eigenvalue weighted by atomic mass is 28.4. The zero-order valence-electron chi connectivity index (χ0n) is 18.8. The van der Waals surface area contributed by atoms with E-state index in [1.54, 1.807) is 0 Å². The molecule has 2 unspecified atom stereocenters. The Kier molecular flexibility index (Phi) is 9.82. The van der Waals surface area contributed by atoms with Crippen LogP contribution in [0.25, 0.3) is 0 Å². The second kappa shape index (κ2) is 11.4. The van der Waals surface area contributed by atoms with Crippen LogP contribution in [-0.4, -0.2) is 72.0 Å². The Morgan fingerprint density at radius 2 is 1.60 bits per heavy atom. The predicted octanol–water partition coefficient (Wildman–Crippen LogP) is 2.19. The van der Waals surface area contributed by atoms with Crippen LogP contribution < -0.4 is 0 Å². The molecule has 0 aromatic rings. The van der Waals surface area contributed by atoms with Crippen LogP contribution in [0.3, 0.4) is 0 Å². The summed E-state index contributed by atoms with van der Waals surface area (Å²) < 4.78 is 22.4. The SMILES string of the molecule is CCOO[Si](OOCC)(OOCC)C1CCN1CCC[Si](C)(OC(C)=O)C1(C)OO1. The molecule has 0 aromatic heterocycles. The highest BCUT2D eigenvalue weighted by molar-refractivity contribution is 6.76. The van der Waals surface area contributed by atoms with Gasteiger partial charge in [0.1, 0.15) is 0 Å². The molecule has 13 heteroatoms. The van der Waals surface area contributed by atoms with E-state index in [1.165, 1.54) is 6.92 Å². The Balaban J connectivity index is 2.00. The minimum atomic E-state index is -3.45. The van der Waals surface area contributed by atoms with E-state index in [9.17, 15) is 4.79 Å². The predicted molar refractivity (Wildman–Crippen MR) is 107 cm³/mol. The lowest BCUT2D eigenvalue weighted by atomic mass is 10.2. The lowest BCUT2D eigenvalue weighted by Crippen LogP contribution is -2.68. The monoisotopic (exact) mass is 469 g/mol. The third-order valence-electron chi connectivity index (χ3n) is 5.18. The van der Waals surface area contributed by atoms with Crippen LogP contribution >= 0.6 is 0 Å². The van der Waals surface area contributed by atoms with Crippen molar-refractivity contribution in [3.8, 4) is 0 Å². The summed E-state index contributed by atoms with van der Waals surface area (Å²) in [4.78, 5) is 39.6. The normalized spacial score (nSPS) is 22.9. The molecule has 176 valence electrons. The second-order valence-corrected chi connectivity index (χ2v) is 13.9. The van der Waals surface area contributed by atoms with Gasteiger partial charge < -0.3 is 4.43 Å². The fourth-order valence-corrected chi connectivity index (χ4v) is 8.34. The molecule has 2 aliphatic heterocycles. The van der Waals surface area contributed by atoms with Gasteiger partial charge in [-0.1, -0.05) is 0 Å². The Morgan fingerprint density at radius 3 is 1.97 bits per heavy atom. The molecule has 2 atom stereocenters. The lowest BCUT2D eigenvalue weighted by Gasteiger charge is -2.46. The van der Waals surface area contributed by atoms with Crippen LogP contribution in [0.2, 0.25) is 12.6 Å². The number of rotatable bonds is 16. The van der Waals surface area contributed by atoms with E-state index >= 15 is 0 Å². The zero-order chi connectivity index (χ0) is 22.3. The molecule has 0 amide bonds. The van der Waals surface area contributed by atoms with Gasteiger partial charge in [0.15, 0.2) is 0 Å². The van der Waals surface area contributed by atoms with Crippen molar-refractivity contribution in [2.24, 2.45) is 0 Å². The molecule has 2 heterocycles. The molecule has 0 bridgehead atoms. The van der Waals surface area contributed by atoms with E-state index in [-0.39, 0.29) is 11.6 Å². The summed E-state index contributed by atoms with van der Waals surface area (Å²) in [6.45, 7) is 13.1. The molecular weight excluding hydrogens is 434 g/mol. The standard InChI is InChI=1S/C17H35NO10Si2/c1-7-20-26-30(27-21-8-2,28-22-9-3)16-11-13-18(16)12-10-14-29(6,23-15(4)19)17(5)24-25-17/h16H,7-14H2,1-6H3. The van der Waals surface area contributed by atoms with Gasteiger partial charge in [-0.25, -0.2) is 28.4 Å². The van der Waals surface area contributed by atoms with Crippen LogP contribution in [0, 0.1) is 0 Å². The van der Waals surface area contributed by atoms with Crippen molar-refractivity contribution in [3.05, 3.63) is 0 Å². The Bertz CT molecular complexity index is 531.